The minimum Gasteiger partial charge on any atom is -0.325 e. The molecule has 1 aromatic heterocycles. The fourth-order valence-electron chi connectivity index (χ4n) is 2.59. The molecule has 0 aliphatic rings. The molecule has 1 amide bonds. The highest BCUT2D eigenvalue weighted by molar-refractivity contribution is 7.99. The molecule has 2 aromatic carbocycles. The lowest BCUT2D eigenvalue weighted by Crippen LogP contribution is -2.15. The molecule has 0 aliphatic carbocycles. The van der Waals surface area contributed by atoms with Gasteiger partial charge in [0.15, 0.2) is 11.0 Å². The predicted octanol–water partition coefficient (Wildman–Crippen LogP) is 4.56. The van der Waals surface area contributed by atoms with Gasteiger partial charge in [0, 0.05) is 18.3 Å². The second kappa shape index (κ2) is 9.51. The zero-order chi connectivity index (χ0) is 21.7. The zero-order valence-corrected chi connectivity index (χ0v) is 17.0. The van der Waals surface area contributed by atoms with Crippen molar-refractivity contribution in [3.8, 4) is 11.4 Å². The van der Waals surface area contributed by atoms with E-state index in [0.717, 1.165) is 11.8 Å². The van der Waals surface area contributed by atoms with Crippen LogP contribution in [0.25, 0.3) is 11.4 Å². The number of hydrogen-bond donors (Lipinski definition) is 1. The average molecular weight is 448 g/mol. The summed E-state index contributed by atoms with van der Waals surface area (Å²) in [6, 6.07) is 10.2. The monoisotopic (exact) mass is 447 g/mol. The summed E-state index contributed by atoms with van der Waals surface area (Å²) in [5.41, 5.74) is 0.232. The SMILES string of the molecule is C=CCn1c(SCC(=O)Nc2ccc(Cl)c([N+](=O)[O-])c2)nnc1-c1ccccc1F. The number of nitrogens with one attached hydrogen (secondary N) is 1. The molecular weight excluding hydrogens is 433 g/mol. The number of thioether (sulfide) groups is 1. The average Bonchev–Trinajstić information content (AvgIpc) is 3.11. The van der Waals surface area contributed by atoms with Gasteiger partial charge in [-0.3, -0.25) is 19.5 Å². The van der Waals surface area contributed by atoms with Crippen molar-refractivity contribution in [2.24, 2.45) is 0 Å². The van der Waals surface area contributed by atoms with Gasteiger partial charge in [-0.2, -0.15) is 0 Å². The number of carbonyl (C=O) groups excluding carboxylic acids is 1. The van der Waals surface area contributed by atoms with E-state index < -0.39 is 16.6 Å². The Morgan fingerprint density at radius 2 is 2.10 bits per heavy atom. The van der Waals surface area contributed by atoms with E-state index in [1.54, 1.807) is 28.8 Å². The smallest absolute Gasteiger partial charge is 0.289 e. The highest BCUT2D eigenvalue weighted by Gasteiger charge is 2.18. The summed E-state index contributed by atoms with van der Waals surface area (Å²) in [5, 5.41) is 22.0. The van der Waals surface area contributed by atoms with Gasteiger partial charge in [-0.15, -0.1) is 16.8 Å². The number of rotatable bonds is 8. The number of anilines is 1. The number of nitro benzene ring substituents is 1. The summed E-state index contributed by atoms with van der Waals surface area (Å²) in [5.74, 6) is -0.557. The van der Waals surface area contributed by atoms with E-state index >= 15 is 0 Å². The standard InChI is InChI=1S/C19H15ClFN5O3S/c1-2-9-25-18(13-5-3-4-6-15(13)21)23-24-19(25)30-11-17(27)22-12-7-8-14(20)16(10-12)26(28)29/h2-8,10H,1,9,11H2,(H,22,27). The lowest BCUT2D eigenvalue weighted by Gasteiger charge is -2.09. The molecule has 0 saturated heterocycles. The third-order valence-electron chi connectivity index (χ3n) is 3.90. The van der Waals surface area contributed by atoms with Crippen molar-refractivity contribution < 1.29 is 14.1 Å². The van der Waals surface area contributed by atoms with Crippen LogP contribution in [0.2, 0.25) is 5.02 Å². The summed E-state index contributed by atoms with van der Waals surface area (Å²) in [6.45, 7) is 4.01. The first-order valence-electron chi connectivity index (χ1n) is 8.56. The summed E-state index contributed by atoms with van der Waals surface area (Å²) in [4.78, 5) is 22.6. The normalized spacial score (nSPS) is 10.6. The van der Waals surface area contributed by atoms with Gasteiger partial charge in [-0.05, 0) is 24.3 Å². The van der Waals surface area contributed by atoms with E-state index in [-0.39, 0.29) is 27.7 Å². The molecule has 154 valence electrons. The molecule has 30 heavy (non-hydrogen) atoms. The molecule has 0 atom stereocenters. The third-order valence-corrected chi connectivity index (χ3v) is 5.19. The van der Waals surface area contributed by atoms with Gasteiger partial charge in [0.2, 0.25) is 5.91 Å². The molecule has 0 aliphatic heterocycles. The van der Waals surface area contributed by atoms with Crippen LogP contribution in [0.3, 0.4) is 0 Å². The van der Waals surface area contributed by atoms with Gasteiger partial charge >= 0.3 is 0 Å². The molecule has 0 fully saturated rings. The van der Waals surface area contributed by atoms with Crippen LogP contribution >= 0.6 is 23.4 Å². The van der Waals surface area contributed by atoms with Gasteiger partial charge in [0.05, 0.1) is 16.2 Å². The molecule has 0 radical (unpaired) electrons. The van der Waals surface area contributed by atoms with Crippen molar-refractivity contribution in [3.05, 3.63) is 76.1 Å². The van der Waals surface area contributed by atoms with Crippen molar-refractivity contribution in [1.82, 2.24) is 14.8 Å². The van der Waals surface area contributed by atoms with Gasteiger partial charge in [0.25, 0.3) is 5.69 Å². The summed E-state index contributed by atoms with van der Waals surface area (Å²) in [7, 11) is 0. The highest BCUT2D eigenvalue weighted by atomic mass is 35.5. The molecule has 3 aromatic rings. The number of nitro groups is 1. The van der Waals surface area contributed by atoms with Crippen LogP contribution in [0.15, 0.2) is 60.3 Å². The quantitative estimate of drug-likeness (QED) is 0.235. The highest BCUT2D eigenvalue weighted by Crippen LogP contribution is 2.28. The van der Waals surface area contributed by atoms with Gasteiger partial charge in [-0.25, -0.2) is 4.39 Å². The van der Waals surface area contributed by atoms with Crippen LogP contribution in [-0.4, -0.2) is 31.3 Å². The van der Waals surface area contributed by atoms with Crippen LogP contribution < -0.4 is 5.32 Å². The van der Waals surface area contributed by atoms with E-state index in [1.807, 2.05) is 0 Å². The second-order valence-electron chi connectivity index (χ2n) is 5.95. The van der Waals surface area contributed by atoms with Crippen LogP contribution in [0.5, 0.6) is 0 Å². The number of amides is 1. The molecular formula is C19H15ClFN5O3S. The third kappa shape index (κ3) is 4.84. The topological polar surface area (TPSA) is 103 Å². The van der Waals surface area contributed by atoms with Gasteiger partial charge in [0.1, 0.15) is 10.8 Å². The Bertz CT molecular complexity index is 1120. The van der Waals surface area contributed by atoms with E-state index in [4.69, 9.17) is 11.6 Å². The van der Waals surface area contributed by atoms with Crippen LogP contribution in [-0.2, 0) is 11.3 Å². The summed E-state index contributed by atoms with van der Waals surface area (Å²) < 4.78 is 15.8. The van der Waals surface area contributed by atoms with Gasteiger partial charge < -0.3 is 5.32 Å². The lowest BCUT2D eigenvalue weighted by molar-refractivity contribution is -0.384. The molecule has 11 heteroatoms. The molecule has 1 N–H and O–H groups in total. The Morgan fingerprint density at radius 1 is 1.33 bits per heavy atom. The number of carbonyl (C=O) groups is 1. The molecule has 0 unspecified atom stereocenters. The predicted molar refractivity (Wildman–Crippen MR) is 113 cm³/mol. The van der Waals surface area contributed by atoms with E-state index in [0.29, 0.717) is 17.5 Å². The van der Waals surface area contributed by atoms with Crippen molar-refractivity contribution in [2.45, 2.75) is 11.7 Å². The minimum atomic E-state index is -0.630. The largest absolute Gasteiger partial charge is 0.325 e. The number of nitrogens with zero attached hydrogens (tertiary/aromatic N) is 4. The maximum Gasteiger partial charge on any atom is 0.289 e. The lowest BCUT2D eigenvalue weighted by atomic mass is 10.2. The summed E-state index contributed by atoms with van der Waals surface area (Å²) in [6.07, 6.45) is 1.62. The molecule has 0 saturated carbocycles. The van der Waals surface area contributed by atoms with E-state index in [1.165, 1.54) is 24.3 Å². The Balaban J connectivity index is 1.74. The maximum atomic E-state index is 14.1. The van der Waals surface area contributed by atoms with Crippen molar-refractivity contribution >= 4 is 40.6 Å². The van der Waals surface area contributed by atoms with Crippen molar-refractivity contribution in [2.75, 3.05) is 11.1 Å². The number of halogens is 2. The maximum absolute atomic E-state index is 14.1. The summed E-state index contributed by atoms with van der Waals surface area (Å²) >= 11 is 6.87. The Hall–Kier alpha value is -3.24. The minimum absolute atomic E-state index is 0.0226. The molecule has 0 bridgehead atoms. The van der Waals surface area contributed by atoms with Crippen LogP contribution in [0, 0.1) is 15.9 Å². The van der Waals surface area contributed by atoms with Crippen molar-refractivity contribution in [3.63, 3.8) is 0 Å². The number of allylic oxidation sites excluding steroid dienone is 1. The Labute approximate surface area is 179 Å². The second-order valence-corrected chi connectivity index (χ2v) is 7.30. The molecule has 0 spiro atoms. The fourth-order valence-corrected chi connectivity index (χ4v) is 3.52. The molecule has 8 nitrogen and oxygen atoms in total. The fraction of sp³-hybridized carbons (Fsp3) is 0.105. The Morgan fingerprint density at radius 3 is 2.80 bits per heavy atom. The van der Waals surface area contributed by atoms with Gasteiger partial charge in [-0.1, -0.05) is 41.6 Å². The first kappa shape index (κ1) is 21.5. The van der Waals surface area contributed by atoms with E-state index in [2.05, 4.69) is 22.1 Å². The first-order valence-corrected chi connectivity index (χ1v) is 9.92. The first-order chi connectivity index (χ1) is 14.4. The van der Waals surface area contributed by atoms with Crippen LogP contribution in [0.4, 0.5) is 15.8 Å². The van der Waals surface area contributed by atoms with E-state index in [9.17, 15) is 19.3 Å². The Kier molecular flexibility index (Phi) is 6.80. The van der Waals surface area contributed by atoms with Crippen LogP contribution in [0.1, 0.15) is 0 Å². The number of hydrogen-bond acceptors (Lipinski definition) is 6. The molecule has 3 rings (SSSR count). The number of benzene rings is 2. The molecule has 1 heterocycles. The van der Waals surface area contributed by atoms with Crippen molar-refractivity contribution in [1.29, 1.82) is 0 Å². The number of aromatic nitrogens is 3. The zero-order valence-electron chi connectivity index (χ0n) is 15.4.